The number of H-pyrrole nitrogens is 1. The van der Waals surface area contributed by atoms with Crippen molar-refractivity contribution in [3.63, 3.8) is 0 Å². The summed E-state index contributed by atoms with van der Waals surface area (Å²) in [6.45, 7) is 2.75. The molecule has 3 aromatic rings. The van der Waals surface area contributed by atoms with Gasteiger partial charge in [0.25, 0.3) is 5.91 Å². The van der Waals surface area contributed by atoms with Crippen LogP contribution in [0, 0.1) is 12.8 Å². The topological polar surface area (TPSA) is 99.4 Å². The number of β-amino-alcohol motifs (C(OH)–C–C–N with tert-alkyl or cyclic N) is 1. The molecule has 8 nitrogen and oxygen atoms in total. The zero-order valence-electron chi connectivity index (χ0n) is 13.3. The summed E-state index contributed by atoms with van der Waals surface area (Å²) in [6, 6.07) is 5.39. The molecule has 1 aliphatic heterocycles. The number of fused-ring (bicyclic) bond motifs is 1. The average molecular weight is 326 g/mol. The molecule has 0 saturated carbocycles. The van der Waals surface area contributed by atoms with Crippen molar-refractivity contribution < 1.29 is 9.90 Å². The summed E-state index contributed by atoms with van der Waals surface area (Å²) in [5.41, 5.74) is 2.87. The Balaban J connectivity index is 1.49. The number of aliphatic hydroxyl groups is 1. The number of rotatable bonds is 3. The fraction of sp³-hybridized carbons (Fsp3) is 0.375. The Hall–Kier alpha value is -2.74. The monoisotopic (exact) mass is 326 g/mol. The van der Waals surface area contributed by atoms with Crippen LogP contribution in [-0.2, 0) is 6.42 Å². The SMILES string of the molecule is Cc1cc(C[C@@H]2CN(C(=O)c3cc4ncccn4n3)C[C@H]2O)n[nH]1. The Bertz CT molecular complexity index is 852. The molecule has 0 aromatic carbocycles. The summed E-state index contributed by atoms with van der Waals surface area (Å²) < 4.78 is 1.57. The van der Waals surface area contributed by atoms with Gasteiger partial charge in [-0.3, -0.25) is 9.89 Å². The van der Waals surface area contributed by atoms with Crippen molar-refractivity contribution in [1.82, 2.24) is 29.7 Å². The molecule has 4 rings (SSSR count). The largest absolute Gasteiger partial charge is 0.391 e. The van der Waals surface area contributed by atoms with Crippen LogP contribution in [0.4, 0.5) is 0 Å². The van der Waals surface area contributed by atoms with Crippen LogP contribution in [0.2, 0.25) is 0 Å². The fourth-order valence-corrected chi connectivity index (χ4v) is 3.16. The summed E-state index contributed by atoms with van der Waals surface area (Å²) in [5.74, 6) is -0.202. The number of nitrogens with one attached hydrogen (secondary N) is 1. The molecule has 124 valence electrons. The van der Waals surface area contributed by atoms with E-state index in [9.17, 15) is 9.90 Å². The maximum absolute atomic E-state index is 12.7. The maximum Gasteiger partial charge on any atom is 0.274 e. The number of aromatic nitrogens is 5. The second-order valence-corrected chi connectivity index (χ2v) is 6.24. The first-order valence-corrected chi connectivity index (χ1v) is 7.89. The highest BCUT2D eigenvalue weighted by Gasteiger charge is 2.35. The zero-order chi connectivity index (χ0) is 16.7. The van der Waals surface area contributed by atoms with E-state index < -0.39 is 6.10 Å². The minimum absolute atomic E-state index is 0.0215. The molecule has 4 heterocycles. The molecule has 2 atom stereocenters. The van der Waals surface area contributed by atoms with Crippen LogP contribution in [0.25, 0.3) is 5.65 Å². The summed E-state index contributed by atoms with van der Waals surface area (Å²) >= 11 is 0. The van der Waals surface area contributed by atoms with Crippen molar-refractivity contribution in [2.24, 2.45) is 5.92 Å². The van der Waals surface area contributed by atoms with Gasteiger partial charge in [0.2, 0.25) is 0 Å². The smallest absolute Gasteiger partial charge is 0.274 e. The van der Waals surface area contributed by atoms with E-state index >= 15 is 0 Å². The molecule has 0 radical (unpaired) electrons. The number of carbonyl (C=O) groups excluding carboxylic acids is 1. The number of hydrogen-bond acceptors (Lipinski definition) is 5. The molecule has 1 fully saturated rings. The molecule has 1 aliphatic rings. The van der Waals surface area contributed by atoms with E-state index in [1.165, 1.54) is 0 Å². The average Bonchev–Trinajstić information content (AvgIpc) is 3.26. The first kappa shape index (κ1) is 14.8. The zero-order valence-corrected chi connectivity index (χ0v) is 13.3. The minimum atomic E-state index is -0.555. The summed E-state index contributed by atoms with van der Waals surface area (Å²) in [4.78, 5) is 18.5. The van der Waals surface area contributed by atoms with Gasteiger partial charge in [0.15, 0.2) is 11.3 Å². The standard InChI is InChI=1S/C16H18N6O2/c1-10-5-12(19-18-10)6-11-8-21(9-14(11)23)16(24)13-7-15-17-3-2-4-22(15)20-13/h2-5,7,11,14,23H,6,8-9H2,1H3,(H,18,19)/t11-,14-/m1/s1. The number of hydrogen-bond donors (Lipinski definition) is 2. The van der Waals surface area contributed by atoms with Gasteiger partial charge in [0.05, 0.1) is 11.8 Å². The summed E-state index contributed by atoms with van der Waals surface area (Å²) in [6.07, 6.45) is 3.50. The van der Waals surface area contributed by atoms with Crippen molar-refractivity contribution in [2.75, 3.05) is 13.1 Å². The predicted molar refractivity (Wildman–Crippen MR) is 85.4 cm³/mol. The molecule has 24 heavy (non-hydrogen) atoms. The Morgan fingerprint density at radius 3 is 3.04 bits per heavy atom. The second kappa shape index (κ2) is 5.72. The maximum atomic E-state index is 12.7. The number of nitrogens with zero attached hydrogens (tertiary/aromatic N) is 5. The number of likely N-dealkylation sites (tertiary alicyclic amines) is 1. The van der Waals surface area contributed by atoms with E-state index in [-0.39, 0.29) is 11.8 Å². The molecule has 2 N–H and O–H groups in total. The third kappa shape index (κ3) is 2.65. The van der Waals surface area contributed by atoms with Crippen molar-refractivity contribution in [1.29, 1.82) is 0 Å². The van der Waals surface area contributed by atoms with Crippen LogP contribution in [0.3, 0.4) is 0 Å². The number of aryl methyl sites for hydroxylation is 1. The van der Waals surface area contributed by atoms with Crippen molar-refractivity contribution >= 4 is 11.6 Å². The Kier molecular flexibility index (Phi) is 3.53. The molecular weight excluding hydrogens is 308 g/mol. The van der Waals surface area contributed by atoms with Crippen molar-refractivity contribution in [2.45, 2.75) is 19.4 Å². The quantitative estimate of drug-likeness (QED) is 0.727. The first-order valence-electron chi connectivity index (χ1n) is 7.89. The molecule has 1 saturated heterocycles. The van der Waals surface area contributed by atoms with E-state index in [1.807, 2.05) is 13.0 Å². The van der Waals surface area contributed by atoms with Crippen LogP contribution in [-0.4, -0.2) is 59.9 Å². The molecule has 0 aliphatic carbocycles. The Morgan fingerprint density at radius 2 is 2.29 bits per heavy atom. The van der Waals surface area contributed by atoms with Crippen LogP contribution in [0.1, 0.15) is 21.9 Å². The highest BCUT2D eigenvalue weighted by Crippen LogP contribution is 2.22. The summed E-state index contributed by atoms with van der Waals surface area (Å²) in [7, 11) is 0. The molecule has 3 aromatic heterocycles. The van der Waals surface area contributed by atoms with E-state index in [1.54, 1.807) is 33.9 Å². The lowest BCUT2D eigenvalue weighted by Crippen LogP contribution is -2.30. The lowest BCUT2D eigenvalue weighted by atomic mass is 10.0. The Morgan fingerprint density at radius 1 is 1.42 bits per heavy atom. The van der Waals surface area contributed by atoms with Crippen LogP contribution < -0.4 is 0 Å². The number of amides is 1. The lowest BCUT2D eigenvalue weighted by molar-refractivity contribution is 0.0758. The van der Waals surface area contributed by atoms with Gasteiger partial charge in [-0.1, -0.05) is 0 Å². The molecule has 0 unspecified atom stereocenters. The number of aromatic amines is 1. The second-order valence-electron chi connectivity index (χ2n) is 6.24. The minimum Gasteiger partial charge on any atom is -0.391 e. The molecule has 1 amide bonds. The van der Waals surface area contributed by atoms with Gasteiger partial charge >= 0.3 is 0 Å². The Labute approximate surface area is 138 Å². The molecule has 8 heteroatoms. The summed E-state index contributed by atoms with van der Waals surface area (Å²) in [5, 5.41) is 21.7. The number of carbonyl (C=O) groups is 1. The van der Waals surface area contributed by atoms with Gasteiger partial charge in [-0.25, -0.2) is 9.50 Å². The number of aliphatic hydroxyl groups excluding tert-OH is 1. The van der Waals surface area contributed by atoms with Crippen molar-refractivity contribution in [3.8, 4) is 0 Å². The highest BCUT2D eigenvalue weighted by atomic mass is 16.3. The normalized spacial score (nSPS) is 20.8. The predicted octanol–water partition coefficient (Wildman–Crippen LogP) is 0.436. The van der Waals surface area contributed by atoms with Crippen LogP contribution >= 0.6 is 0 Å². The fourth-order valence-electron chi connectivity index (χ4n) is 3.16. The highest BCUT2D eigenvalue weighted by molar-refractivity contribution is 5.93. The molecule has 0 spiro atoms. The van der Waals surface area contributed by atoms with E-state index in [0.717, 1.165) is 11.4 Å². The van der Waals surface area contributed by atoms with Gasteiger partial charge in [-0.2, -0.15) is 10.2 Å². The van der Waals surface area contributed by atoms with Crippen LogP contribution in [0.5, 0.6) is 0 Å². The lowest BCUT2D eigenvalue weighted by Gasteiger charge is -2.14. The van der Waals surface area contributed by atoms with Gasteiger partial charge in [-0.05, 0) is 25.5 Å². The van der Waals surface area contributed by atoms with Crippen LogP contribution in [0.15, 0.2) is 30.6 Å². The first-order chi connectivity index (χ1) is 11.6. The third-order valence-corrected chi connectivity index (χ3v) is 4.38. The van der Waals surface area contributed by atoms with Gasteiger partial charge < -0.3 is 10.0 Å². The van der Waals surface area contributed by atoms with E-state index in [4.69, 9.17) is 0 Å². The van der Waals surface area contributed by atoms with Crippen molar-refractivity contribution in [3.05, 3.63) is 47.7 Å². The van der Waals surface area contributed by atoms with Gasteiger partial charge in [0.1, 0.15) is 0 Å². The van der Waals surface area contributed by atoms with E-state index in [0.29, 0.717) is 30.9 Å². The van der Waals surface area contributed by atoms with E-state index in [2.05, 4.69) is 20.3 Å². The third-order valence-electron chi connectivity index (χ3n) is 4.38. The molecular formula is C16H18N6O2. The van der Waals surface area contributed by atoms with Gasteiger partial charge in [0, 0.05) is 43.2 Å². The van der Waals surface area contributed by atoms with Gasteiger partial charge in [-0.15, -0.1) is 0 Å². The molecule has 0 bridgehead atoms.